The Hall–Kier alpha value is -3.55. The van der Waals surface area contributed by atoms with Crippen molar-refractivity contribution in [1.29, 1.82) is 0 Å². The topological polar surface area (TPSA) is 58.4 Å². The van der Waals surface area contributed by atoms with Gasteiger partial charge in [-0.1, -0.05) is 42.5 Å². The van der Waals surface area contributed by atoms with Gasteiger partial charge in [-0.05, 0) is 36.6 Å². The number of carbonyl (C=O) groups excluding carboxylic acids is 2. The van der Waals surface area contributed by atoms with Crippen molar-refractivity contribution in [3.63, 3.8) is 0 Å². The number of hydrogen-bond donors (Lipinski definition) is 0. The van der Waals surface area contributed by atoms with Gasteiger partial charge in [-0.2, -0.15) is 8.78 Å². The summed E-state index contributed by atoms with van der Waals surface area (Å²) < 4.78 is 28.2. The molecule has 1 aromatic heterocycles. The third-order valence-corrected chi connectivity index (χ3v) is 5.99. The number of nitrogens with zero attached hydrogens (tertiary/aromatic N) is 4. The Bertz CT molecular complexity index is 1150. The Balaban J connectivity index is 1.35. The molecular formula is C25H26F2N4O2. The number of amides is 2. The SMILES string of the molecule is CN(Cc1nc2ccccc2n1C(F)F)C(=O)C1CCN(C(=O)C=Cc2ccccc2)CC1. The number of hydrogen-bond acceptors (Lipinski definition) is 3. The number of aromatic nitrogens is 2. The fourth-order valence-electron chi connectivity index (χ4n) is 4.21. The number of likely N-dealkylation sites (tertiary alicyclic amines) is 1. The molecule has 0 bridgehead atoms. The number of carbonyl (C=O) groups is 2. The Labute approximate surface area is 191 Å². The Morgan fingerprint density at radius 1 is 1.09 bits per heavy atom. The number of imidazole rings is 1. The molecule has 0 spiro atoms. The Kier molecular flexibility index (Phi) is 6.82. The van der Waals surface area contributed by atoms with E-state index >= 15 is 0 Å². The van der Waals surface area contributed by atoms with Gasteiger partial charge in [-0.3, -0.25) is 14.2 Å². The van der Waals surface area contributed by atoms with Gasteiger partial charge in [0.25, 0.3) is 0 Å². The molecule has 1 aliphatic rings. The van der Waals surface area contributed by atoms with Crippen molar-refractivity contribution < 1.29 is 18.4 Å². The molecule has 2 heterocycles. The molecule has 1 saturated heterocycles. The zero-order valence-electron chi connectivity index (χ0n) is 18.4. The van der Waals surface area contributed by atoms with Crippen LogP contribution in [-0.2, 0) is 16.1 Å². The van der Waals surface area contributed by atoms with Crippen molar-refractivity contribution in [3.05, 3.63) is 72.1 Å². The van der Waals surface area contributed by atoms with E-state index in [1.165, 1.54) is 4.90 Å². The van der Waals surface area contributed by atoms with E-state index in [2.05, 4.69) is 4.98 Å². The van der Waals surface area contributed by atoms with Crippen LogP contribution in [-0.4, -0.2) is 51.3 Å². The normalized spacial score (nSPS) is 15.0. The second kappa shape index (κ2) is 9.94. The minimum absolute atomic E-state index is 0.00316. The highest BCUT2D eigenvalue weighted by Crippen LogP contribution is 2.25. The quantitative estimate of drug-likeness (QED) is 0.523. The third kappa shape index (κ3) is 5.10. The summed E-state index contributed by atoms with van der Waals surface area (Å²) >= 11 is 0. The summed E-state index contributed by atoms with van der Waals surface area (Å²) in [7, 11) is 1.61. The fraction of sp³-hybridized carbons (Fsp3) is 0.320. The lowest BCUT2D eigenvalue weighted by molar-refractivity contribution is -0.138. The van der Waals surface area contributed by atoms with Crippen molar-refractivity contribution >= 4 is 28.9 Å². The molecule has 0 aliphatic carbocycles. The largest absolute Gasteiger partial charge is 0.339 e. The summed E-state index contributed by atoms with van der Waals surface area (Å²) in [5.74, 6) is -0.291. The first-order valence-corrected chi connectivity index (χ1v) is 10.9. The van der Waals surface area contributed by atoms with Crippen molar-refractivity contribution in [3.8, 4) is 0 Å². The van der Waals surface area contributed by atoms with Crippen LogP contribution in [0.5, 0.6) is 0 Å². The fourth-order valence-corrected chi connectivity index (χ4v) is 4.21. The molecule has 1 fully saturated rings. The first kappa shape index (κ1) is 22.6. The van der Waals surface area contributed by atoms with Gasteiger partial charge in [0.15, 0.2) is 0 Å². The third-order valence-electron chi connectivity index (χ3n) is 5.99. The molecule has 0 unspecified atom stereocenters. The van der Waals surface area contributed by atoms with Crippen LogP contribution >= 0.6 is 0 Å². The predicted octanol–water partition coefficient (Wildman–Crippen LogP) is 4.34. The first-order valence-electron chi connectivity index (χ1n) is 10.9. The summed E-state index contributed by atoms with van der Waals surface area (Å²) in [5, 5.41) is 0. The van der Waals surface area contributed by atoms with E-state index in [-0.39, 0.29) is 30.1 Å². The summed E-state index contributed by atoms with van der Waals surface area (Å²) in [6, 6.07) is 16.3. The van der Waals surface area contributed by atoms with Gasteiger partial charge >= 0.3 is 6.55 Å². The lowest BCUT2D eigenvalue weighted by atomic mass is 9.95. The van der Waals surface area contributed by atoms with Crippen molar-refractivity contribution in [2.75, 3.05) is 20.1 Å². The smallest absolute Gasteiger partial charge is 0.320 e. The highest BCUT2D eigenvalue weighted by molar-refractivity contribution is 5.92. The molecule has 2 aromatic carbocycles. The second-order valence-corrected chi connectivity index (χ2v) is 8.20. The van der Waals surface area contributed by atoms with Crippen molar-refractivity contribution in [2.45, 2.75) is 25.9 Å². The lowest BCUT2D eigenvalue weighted by Gasteiger charge is -2.32. The average Bonchev–Trinajstić information content (AvgIpc) is 3.20. The molecule has 172 valence electrons. The molecule has 33 heavy (non-hydrogen) atoms. The highest BCUT2D eigenvalue weighted by Gasteiger charge is 2.29. The number of rotatable bonds is 6. The van der Waals surface area contributed by atoms with Gasteiger partial charge in [-0.25, -0.2) is 4.98 Å². The van der Waals surface area contributed by atoms with E-state index in [1.807, 2.05) is 30.3 Å². The van der Waals surface area contributed by atoms with E-state index in [1.54, 1.807) is 48.4 Å². The summed E-state index contributed by atoms with van der Waals surface area (Å²) in [4.78, 5) is 32.9. The lowest BCUT2D eigenvalue weighted by Crippen LogP contribution is -2.43. The number of para-hydroxylation sites is 2. The average molecular weight is 453 g/mol. The molecule has 3 aromatic rings. The number of fused-ring (bicyclic) bond motifs is 1. The van der Waals surface area contributed by atoms with Crippen LogP contribution < -0.4 is 0 Å². The van der Waals surface area contributed by atoms with Gasteiger partial charge in [0.05, 0.1) is 17.6 Å². The molecule has 6 nitrogen and oxygen atoms in total. The predicted molar refractivity (Wildman–Crippen MR) is 122 cm³/mol. The van der Waals surface area contributed by atoms with Crippen LogP contribution in [0.15, 0.2) is 60.7 Å². The molecular weight excluding hydrogens is 426 g/mol. The summed E-state index contributed by atoms with van der Waals surface area (Å²) in [5.41, 5.74) is 1.77. The monoisotopic (exact) mass is 452 g/mol. The van der Waals surface area contributed by atoms with E-state index in [4.69, 9.17) is 0 Å². The summed E-state index contributed by atoms with van der Waals surface area (Å²) in [6.45, 7) is -1.78. The minimum Gasteiger partial charge on any atom is -0.339 e. The molecule has 0 radical (unpaired) electrons. The molecule has 0 atom stereocenters. The standard InChI is InChI=1S/C25H26F2N4O2/c1-29(17-22-28-20-9-5-6-10-21(20)31(22)25(26)27)24(33)19-13-15-30(16-14-19)23(32)12-11-18-7-3-2-4-8-18/h2-12,19,25H,13-17H2,1H3. The van der Waals surface area contributed by atoms with Crippen LogP contribution in [0.1, 0.15) is 30.8 Å². The maximum Gasteiger partial charge on any atom is 0.320 e. The van der Waals surface area contributed by atoms with E-state index in [0.29, 0.717) is 37.0 Å². The van der Waals surface area contributed by atoms with E-state index < -0.39 is 6.55 Å². The maximum absolute atomic E-state index is 13.7. The molecule has 8 heteroatoms. The molecule has 1 aliphatic heterocycles. The van der Waals surface area contributed by atoms with Crippen LogP contribution in [0.3, 0.4) is 0 Å². The number of piperidine rings is 1. The van der Waals surface area contributed by atoms with Crippen LogP contribution in [0.4, 0.5) is 8.78 Å². The highest BCUT2D eigenvalue weighted by atomic mass is 19.3. The van der Waals surface area contributed by atoms with Crippen molar-refractivity contribution in [1.82, 2.24) is 19.4 Å². The zero-order valence-corrected chi connectivity index (χ0v) is 18.4. The number of benzene rings is 2. The van der Waals surface area contributed by atoms with Crippen molar-refractivity contribution in [2.24, 2.45) is 5.92 Å². The number of halogens is 2. The second-order valence-electron chi connectivity index (χ2n) is 8.20. The van der Waals surface area contributed by atoms with Crippen LogP contribution in [0.2, 0.25) is 0 Å². The van der Waals surface area contributed by atoms with Gasteiger partial charge in [0.1, 0.15) is 5.82 Å². The van der Waals surface area contributed by atoms with Gasteiger partial charge < -0.3 is 9.80 Å². The van der Waals surface area contributed by atoms with E-state index in [9.17, 15) is 18.4 Å². The Morgan fingerprint density at radius 2 is 1.76 bits per heavy atom. The zero-order chi connectivity index (χ0) is 23.4. The maximum atomic E-state index is 13.7. The van der Waals surface area contributed by atoms with Gasteiger partial charge in [0.2, 0.25) is 11.8 Å². The first-order chi connectivity index (χ1) is 15.9. The number of alkyl halides is 2. The van der Waals surface area contributed by atoms with Crippen LogP contribution in [0, 0.1) is 5.92 Å². The van der Waals surface area contributed by atoms with E-state index in [0.717, 1.165) is 10.1 Å². The minimum atomic E-state index is -2.74. The van der Waals surface area contributed by atoms with Gasteiger partial charge in [-0.15, -0.1) is 0 Å². The van der Waals surface area contributed by atoms with Gasteiger partial charge in [0, 0.05) is 32.1 Å². The molecule has 2 amide bonds. The van der Waals surface area contributed by atoms with Crippen LogP contribution in [0.25, 0.3) is 17.1 Å². The molecule has 0 saturated carbocycles. The molecule has 4 rings (SSSR count). The molecule has 0 N–H and O–H groups in total. The Morgan fingerprint density at radius 3 is 2.45 bits per heavy atom. The summed E-state index contributed by atoms with van der Waals surface area (Å²) in [6.07, 6.45) is 4.42.